The molecular formula is C22H34N4O6S. The Balaban J connectivity index is 1.56. The zero-order chi connectivity index (χ0) is 24.0. The van der Waals surface area contributed by atoms with Crippen LogP contribution in [-0.4, -0.2) is 94.4 Å². The van der Waals surface area contributed by atoms with Gasteiger partial charge in [0.1, 0.15) is 16.4 Å². The van der Waals surface area contributed by atoms with Crippen LogP contribution < -0.4 is 15.2 Å². The van der Waals surface area contributed by atoms with E-state index in [1.807, 2.05) is 0 Å². The molecule has 10 nitrogen and oxygen atoms in total. The Hall–Kier alpha value is -2.37. The number of piperazine rings is 1. The number of ether oxygens (including phenoxy) is 2. The minimum Gasteiger partial charge on any atom is -0.497 e. The molecule has 1 unspecified atom stereocenters. The minimum atomic E-state index is -3.79. The third-order valence-electron chi connectivity index (χ3n) is 6.34. The van der Waals surface area contributed by atoms with Gasteiger partial charge < -0.3 is 20.1 Å². The van der Waals surface area contributed by atoms with Crippen LogP contribution in [0.3, 0.4) is 0 Å². The fraction of sp³-hybridized carbons (Fsp3) is 0.636. The number of methoxy groups -OCH3 is 2. The maximum atomic E-state index is 13.2. The van der Waals surface area contributed by atoms with Crippen molar-refractivity contribution in [2.24, 2.45) is 11.7 Å². The van der Waals surface area contributed by atoms with Crippen molar-refractivity contribution >= 4 is 21.8 Å². The minimum absolute atomic E-state index is 0.00144. The number of carbonyl (C=O) groups is 2. The number of amides is 2. The second-order valence-corrected chi connectivity index (χ2v) is 10.5. The van der Waals surface area contributed by atoms with Gasteiger partial charge in [-0.15, -0.1) is 0 Å². The van der Waals surface area contributed by atoms with Crippen molar-refractivity contribution in [3.05, 3.63) is 18.2 Å². The Bertz CT molecular complexity index is 946. The first-order chi connectivity index (χ1) is 15.7. The average molecular weight is 483 g/mol. The van der Waals surface area contributed by atoms with Crippen LogP contribution in [0.5, 0.6) is 11.5 Å². The van der Waals surface area contributed by atoms with E-state index in [-0.39, 0.29) is 35.5 Å². The summed E-state index contributed by atoms with van der Waals surface area (Å²) in [7, 11) is -0.888. The second kappa shape index (κ2) is 11.2. The lowest BCUT2D eigenvalue weighted by atomic mass is 9.93. The lowest BCUT2D eigenvalue weighted by molar-refractivity contribution is -0.134. The van der Waals surface area contributed by atoms with Gasteiger partial charge in [0.25, 0.3) is 0 Å². The highest BCUT2D eigenvalue weighted by Crippen LogP contribution is 2.31. The van der Waals surface area contributed by atoms with Crippen LogP contribution in [0.2, 0.25) is 0 Å². The summed E-state index contributed by atoms with van der Waals surface area (Å²) in [6.45, 7) is 3.05. The van der Waals surface area contributed by atoms with Gasteiger partial charge >= 0.3 is 0 Å². The molecule has 0 bridgehead atoms. The molecule has 2 amide bonds. The van der Waals surface area contributed by atoms with E-state index in [1.54, 1.807) is 17.0 Å². The first kappa shape index (κ1) is 25.3. The quantitative estimate of drug-likeness (QED) is 0.544. The summed E-state index contributed by atoms with van der Waals surface area (Å²) < 4.78 is 38.2. The number of nitrogens with zero attached hydrogens (tertiary/aromatic N) is 3. The monoisotopic (exact) mass is 482 g/mol. The number of hydrogen-bond donors (Lipinski definition) is 1. The van der Waals surface area contributed by atoms with Gasteiger partial charge in [-0.05, 0) is 43.9 Å². The van der Waals surface area contributed by atoms with E-state index < -0.39 is 10.0 Å². The highest BCUT2D eigenvalue weighted by atomic mass is 32.2. The molecule has 0 saturated carbocycles. The molecule has 0 spiro atoms. The number of nitrogens with two attached hydrogens (primary N) is 1. The molecule has 33 heavy (non-hydrogen) atoms. The molecule has 2 aliphatic rings. The number of likely N-dealkylation sites (tertiary alicyclic amines) is 1. The number of sulfonamides is 1. The number of hydrogen-bond acceptors (Lipinski definition) is 7. The number of piperidine rings is 1. The van der Waals surface area contributed by atoms with Gasteiger partial charge in [0.15, 0.2) is 0 Å². The van der Waals surface area contributed by atoms with Crippen LogP contribution in [0.1, 0.15) is 25.7 Å². The topological polar surface area (TPSA) is 122 Å². The molecule has 3 rings (SSSR count). The van der Waals surface area contributed by atoms with Gasteiger partial charge in [-0.1, -0.05) is 0 Å². The fourth-order valence-corrected chi connectivity index (χ4v) is 6.06. The van der Waals surface area contributed by atoms with Crippen molar-refractivity contribution in [1.82, 2.24) is 14.1 Å². The van der Waals surface area contributed by atoms with Gasteiger partial charge in [-0.25, -0.2) is 8.42 Å². The van der Waals surface area contributed by atoms with Gasteiger partial charge in [-0.2, -0.15) is 4.31 Å². The van der Waals surface area contributed by atoms with Gasteiger partial charge in [0.05, 0.1) is 20.8 Å². The number of carbonyl (C=O) groups excluding carboxylic acids is 2. The average Bonchev–Trinajstić information content (AvgIpc) is 2.82. The van der Waals surface area contributed by atoms with Crippen molar-refractivity contribution in [2.45, 2.75) is 30.6 Å². The summed E-state index contributed by atoms with van der Waals surface area (Å²) in [6.07, 6.45) is 3.17. The van der Waals surface area contributed by atoms with Crippen LogP contribution in [0.4, 0.5) is 0 Å². The Morgan fingerprint density at radius 2 is 1.82 bits per heavy atom. The Morgan fingerprint density at radius 3 is 2.45 bits per heavy atom. The van der Waals surface area contributed by atoms with E-state index in [9.17, 15) is 18.0 Å². The summed E-state index contributed by atoms with van der Waals surface area (Å²) in [4.78, 5) is 27.8. The lowest BCUT2D eigenvalue weighted by Gasteiger charge is -2.37. The number of rotatable bonds is 9. The van der Waals surface area contributed by atoms with Crippen LogP contribution in [0.25, 0.3) is 0 Å². The molecule has 11 heteroatoms. The van der Waals surface area contributed by atoms with Crippen LogP contribution >= 0.6 is 0 Å². The normalized spacial score (nSPS) is 20.4. The van der Waals surface area contributed by atoms with Gasteiger partial charge in [-0.3, -0.25) is 14.5 Å². The summed E-state index contributed by atoms with van der Waals surface area (Å²) >= 11 is 0. The molecule has 0 aromatic heterocycles. The highest BCUT2D eigenvalue weighted by molar-refractivity contribution is 7.89. The van der Waals surface area contributed by atoms with E-state index in [1.165, 1.54) is 24.6 Å². The van der Waals surface area contributed by atoms with Gasteiger partial charge in [0.2, 0.25) is 21.8 Å². The molecule has 2 heterocycles. The van der Waals surface area contributed by atoms with Crippen molar-refractivity contribution in [3.63, 3.8) is 0 Å². The number of primary amides is 1. The van der Waals surface area contributed by atoms with Crippen molar-refractivity contribution in [3.8, 4) is 11.5 Å². The zero-order valence-corrected chi connectivity index (χ0v) is 20.2. The molecular weight excluding hydrogens is 448 g/mol. The Morgan fingerprint density at radius 1 is 1.09 bits per heavy atom. The molecule has 2 saturated heterocycles. The molecule has 1 aromatic carbocycles. The third-order valence-corrected chi connectivity index (χ3v) is 8.26. The smallest absolute Gasteiger partial charge is 0.247 e. The van der Waals surface area contributed by atoms with Crippen LogP contribution in [0, 0.1) is 5.92 Å². The summed E-state index contributed by atoms with van der Waals surface area (Å²) in [5.41, 5.74) is 5.26. The zero-order valence-electron chi connectivity index (χ0n) is 19.4. The predicted molar refractivity (Wildman–Crippen MR) is 122 cm³/mol. The van der Waals surface area contributed by atoms with E-state index in [2.05, 4.69) is 4.90 Å². The van der Waals surface area contributed by atoms with E-state index >= 15 is 0 Å². The predicted octanol–water partition coefficient (Wildman–Crippen LogP) is 0.514. The standard InChI is InChI=1S/C22H34N4O6S/c1-31-18-6-7-19(32-2)20(14-18)33(29,30)26-12-10-25(11-13-26)22(28)16-24-9-3-4-17(15-24)5-8-21(23)27/h6-7,14,17H,3-5,8-13,15-16H2,1-2H3,(H2,23,27). The number of benzene rings is 1. The van der Waals surface area contributed by atoms with E-state index in [0.29, 0.717) is 37.7 Å². The van der Waals surface area contributed by atoms with Crippen molar-refractivity contribution < 1.29 is 27.5 Å². The molecule has 2 aliphatic heterocycles. The molecule has 1 aromatic rings. The Labute approximate surface area is 195 Å². The van der Waals surface area contributed by atoms with Crippen LogP contribution in [-0.2, 0) is 19.6 Å². The summed E-state index contributed by atoms with van der Waals surface area (Å²) in [5, 5.41) is 0. The van der Waals surface area contributed by atoms with E-state index in [0.717, 1.165) is 32.4 Å². The van der Waals surface area contributed by atoms with Crippen LogP contribution in [0.15, 0.2) is 23.1 Å². The molecule has 0 aliphatic carbocycles. The molecule has 184 valence electrons. The molecule has 2 N–H and O–H groups in total. The second-order valence-electron chi connectivity index (χ2n) is 8.55. The molecule has 0 radical (unpaired) electrons. The molecule has 1 atom stereocenters. The Kier molecular flexibility index (Phi) is 8.55. The highest BCUT2D eigenvalue weighted by Gasteiger charge is 2.33. The lowest BCUT2D eigenvalue weighted by Crippen LogP contribution is -2.53. The first-order valence-corrected chi connectivity index (χ1v) is 12.7. The van der Waals surface area contributed by atoms with Crippen molar-refractivity contribution in [1.29, 1.82) is 0 Å². The largest absolute Gasteiger partial charge is 0.497 e. The SMILES string of the molecule is COc1ccc(OC)c(S(=O)(=O)N2CCN(C(=O)CN3CCCC(CCC(N)=O)C3)CC2)c1. The molecule has 2 fully saturated rings. The van der Waals surface area contributed by atoms with E-state index in [4.69, 9.17) is 15.2 Å². The summed E-state index contributed by atoms with van der Waals surface area (Å²) in [6, 6.07) is 4.67. The van der Waals surface area contributed by atoms with Gasteiger partial charge in [0, 0.05) is 45.2 Å². The maximum Gasteiger partial charge on any atom is 0.247 e. The maximum absolute atomic E-state index is 13.2. The van der Waals surface area contributed by atoms with Crippen molar-refractivity contribution in [2.75, 3.05) is 60.0 Å². The summed E-state index contributed by atoms with van der Waals surface area (Å²) in [5.74, 6) is 0.771. The fourth-order valence-electron chi connectivity index (χ4n) is 4.47. The third kappa shape index (κ3) is 6.36. The first-order valence-electron chi connectivity index (χ1n) is 11.2.